The summed E-state index contributed by atoms with van der Waals surface area (Å²) in [5.74, 6) is -1.03. The number of aryl methyl sites for hydroxylation is 1. The van der Waals surface area contributed by atoms with Crippen molar-refractivity contribution in [1.29, 1.82) is 0 Å². The summed E-state index contributed by atoms with van der Waals surface area (Å²) >= 11 is 3.14. The molecule has 2 rings (SSSR count). The van der Waals surface area contributed by atoms with Crippen LogP contribution in [0.5, 0.6) is 0 Å². The minimum Gasteiger partial charge on any atom is -0.476 e. The van der Waals surface area contributed by atoms with Crippen LogP contribution in [0.25, 0.3) is 5.65 Å². The third kappa shape index (κ3) is 1.61. The van der Waals surface area contributed by atoms with Gasteiger partial charge in [0.15, 0.2) is 11.3 Å². The van der Waals surface area contributed by atoms with Crippen LogP contribution >= 0.6 is 15.9 Å². The van der Waals surface area contributed by atoms with E-state index in [2.05, 4.69) is 26.0 Å². The van der Waals surface area contributed by atoms with E-state index in [0.717, 1.165) is 12.1 Å². The number of aromatic carboxylic acids is 1. The Hall–Kier alpha value is -1.43. The largest absolute Gasteiger partial charge is 0.476 e. The summed E-state index contributed by atoms with van der Waals surface area (Å²) in [5.41, 5.74) is 1.47. The van der Waals surface area contributed by atoms with E-state index < -0.39 is 5.97 Å². The molecule has 0 aliphatic rings. The van der Waals surface area contributed by atoms with Crippen LogP contribution in [-0.2, 0) is 6.42 Å². The molecule has 0 saturated heterocycles. The second kappa shape index (κ2) is 3.62. The van der Waals surface area contributed by atoms with Crippen LogP contribution < -0.4 is 0 Å². The predicted molar refractivity (Wildman–Crippen MR) is 57.0 cm³/mol. The number of hydrogen-bond donors (Lipinski definition) is 1. The molecule has 5 nitrogen and oxygen atoms in total. The lowest BCUT2D eigenvalue weighted by Crippen LogP contribution is -2.08. The zero-order valence-corrected chi connectivity index (χ0v) is 9.52. The molecular weight excluding hydrogens is 262 g/mol. The molecule has 2 aromatic rings. The van der Waals surface area contributed by atoms with E-state index in [0.29, 0.717) is 10.1 Å². The van der Waals surface area contributed by atoms with E-state index in [1.807, 2.05) is 6.92 Å². The quantitative estimate of drug-likeness (QED) is 0.902. The Kier molecular flexibility index (Phi) is 2.44. The van der Waals surface area contributed by atoms with Crippen LogP contribution in [0, 0.1) is 0 Å². The van der Waals surface area contributed by atoms with Crippen LogP contribution in [0.15, 0.2) is 16.7 Å². The smallest absolute Gasteiger partial charge is 0.355 e. The number of aromatic nitrogens is 3. The van der Waals surface area contributed by atoms with Gasteiger partial charge in [-0.3, -0.25) is 0 Å². The predicted octanol–water partition coefficient (Wildman–Crippen LogP) is 1.75. The van der Waals surface area contributed by atoms with Crippen molar-refractivity contribution in [3.8, 4) is 0 Å². The van der Waals surface area contributed by atoms with Crippen molar-refractivity contribution in [3.63, 3.8) is 0 Å². The maximum atomic E-state index is 11.0. The van der Waals surface area contributed by atoms with Crippen LogP contribution in [0.3, 0.4) is 0 Å². The third-order valence-corrected chi connectivity index (χ3v) is 2.63. The van der Waals surface area contributed by atoms with Crippen molar-refractivity contribution < 1.29 is 9.90 Å². The molecule has 0 bridgehead atoms. The topological polar surface area (TPSA) is 67.5 Å². The minimum absolute atomic E-state index is 0.0969. The molecule has 0 amide bonds. The average molecular weight is 270 g/mol. The van der Waals surface area contributed by atoms with Crippen molar-refractivity contribution in [1.82, 2.24) is 14.6 Å². The van der Waals surface area contributed by atoms with E-state index in [4.69, 9.17) is 5.11 Å². The molecule has 0 radical (unpaired) electrons. The fourth-order valence-electron chi connectivity index (χ4n) is 1.33. The average Bonchev–Trinajstić information content (AvgIpc) is 2.59. The molecule has 0 saturated carbocycles. The Balaban J connectivity index is 2.80. The SMILES string of the molecule is CCc1cc2ncc(Br)c(C(=O)O)n2n1. The van der Waals surface area contributed by atoms with Gasteiger partial charge in [-0.15, -0.1) is 0 Å². The summed E-state index contributed by atoms with van der Waals surface area (Å²) in [7, 11) is 0. The van der Waals surface area contributed by atoms with Crippen molar-refractivity contribution in [3.05, 3.63) is 28.1 Å². The number of carboxylic acid groups (broad SMARTS) is 1. The number of hydrogen-bond acceptors (Lipinski definition) is 3. The molecular formula is C9H8BrN3O2. The molecule has 2 heterocycles. The van der Waals surface area contributed by atoms with Gasteiger partial charge in [-0.05, 0) is 22.4 Å². The Bertz CT molecular complexity index is 535. The van der Waals surface area contributed by atoms with Crippen LogP contribution in [-0.4, -0.2) is 25.7 Å². The monoisotopic (exact) mass is 269 g/mol. The summed E-state index contributed by atoms with van der Waals surface area (Å²) in [6.07, 6.45) is 2.22. The van der Waals surface area contributed by atoms with E-state index >= 15 is 0 Å². The van der Waals surface area contributed by atoms with Crippen LogP contribution in [0.1, 0.15) is 23.1 Å². The van der Waals surface area contributed by atoms with E-state index in [1.165, 1.54) is 10.7 Å². The first-order valence-electron chi connectivity index (χ1n) is 4.40. The van der Waals surface area contributed by atoms with Gasteiger partial charge >= 0.3 is 5.97 Å². The molecule has 1 N–H and O–H groups in total. The van der Waals surface area contributed by atoms with Crippen molar-refractivity contribution >= 4 is 27.5 Å². The maximum absolute atomic E-state index is 11.0. The zero-order chi connectivity index (χ0) is 11.0. The van der Waals surface area contributed by atoms with Gasteiger partial charge in [0.25, 0.3) is 0 Å². The lowest BCUT2D eigenvalue weighted by Gasteiger charge is -2.00. The number of rotatable bonds is 2. The summed E-state index contributed by atoms with van der Waals surface area (Å²) in [6.45, 7) is 1.96. The summed E-state index contributed by atoms with van der Waals surface area (Å²) in [6, 6.07) is 1.78. The second-order valence-electron chi connectivity index (χ2n) is 3.02. The highest BCUT2D eigenvalue weighted by Crippen LogP contribution is 2.17. The number of carboxylic acids is 1. The van der Waals surface area contributed by atoms with Gasteiger partial charge < -0.3 is 5.11 Å². The molecule has 0 aromatic carbocycles. The van der Waals surface area contributed by atoms with E-state index in [-0.39, 0.29) is 5.69 Å². The molecule has 0 unspecified atom stereocenters. The third-order valence-electron chi connectivity index (χ3n) is 2.05. The van der Waals surface area contributed by atoms with Gasteiger partial charge in [0.1, 0.15) is 0 Å². The zero-order valence-electron chi connectivity index (χ0n) is 7.94. The van der Waals surface area contributed by atoms with Crippen LogP contribution in [0.2, 0.25) is 0 Å². The molecule has 0 aliphatic heterocycles. The highest BCUT2D eigenvalue weighted by atomic mass is 79.9. The molecule has 0 fully saturated rings. The number of nitrogens with zero attached hydrogens (tertiary/aromatic N) is 3. The molecule has 2 aromatic heterocycles. The molecule has 0 aliphatic carbocycles. The van der Waals surface area contributed by atoms with Crippen molar-refractivity contribution in [2.45, 2.75) is 13.3 Å². The lowest BCUT2D eigenvalue weighted by molar-refractivity contribution is 0.0686. The van der Waals surface area contributed by atoms with E-state index in [9.17, 15) is 4.79 Å². The van der Waals surface area contributed by atoms with Gasteiger partial charge in [0.2, 0.25) is 0 Å². The van der Waals surface area contributed by atoms with Crippen molar-refractivity contribution in [2.24, 2.45) is 0 Å². The van der Waals surface area contributed by atoms with Gasteiger partial charge in [-0.2, -0.15) is 5.10 Å². The molecule has 15 heavy (non-hydrogen) atoms. The summed E-state index contributed by atoms with van der Waals surface area (Å²) in [4.78, 5) is 15.1. The number of halogens is 1. The molecule has 6 heteroatoms. The Morgan fingerprint density at radius 1 is 1.67 bits per heavy atom. The molecule has 78 valence electrons. The van der Waals surface area contributed by atoms with Gasteiger partial charge in [-0.1, -0.05) is 6.92 Å². The maximum Gasteiger partial charge on any atom is 0.355 e. The standard InChI is InChI=1S/C9H8BrN3O2/c1-2-5-3-7-11-4-6(10)8(9(14)15)13(7)12-5/h3-4H,2H2,1H3,(H,14,15). The molecule has 0 atom stereocenters. The minimum atomic E-state index is -1.03. The number of fused-ring (bicyclic) bond motifs is 1. The van der Waals surface area contributed by atoms with Gasteiger partial charge in [-0.25, -0.2) is 14.3 Å². The highest BCUT2D eigenvalue weighted by molar-refractivity contribution is 9.10. The highest BCUT2D eigenvalue weighted by Gasteiger charge is 2.15. The lowest BCUT2D eigenvalue weighted by atomic mass is 10.3. The van der Waals surface area contributed by atoms with E-state index in [1.54, 1.807) is 6.07 Å². The molecule has 0 spiro atoms. The Morgan fingerprint density at radius 3 is 3.00 bits per heavy atom. The number of carbonyl (C=O) groups is 1. The van der Waals surface area contributed by atoms with Crippen molar-refractivity contribution in [2.75, 3.05) is 0 Å². The second-order valence-corrected chi connectivity index (χ2v) is 3.87. The summed E-state index contributed by atoms with van der Waals surface area (Å²) < 4.78 is 1.76. The summed E-state index contributed by atoms with van der Waals surface area (Å²) in [5, 5.41) is 13.2. The first-order chi connectivity index (χ1) is 7.13. The van der Waals surface area contributed by atoms with Gasteiger partial charge in [0, 0.05) is 12.3 Å². The fraction of sp³-hybridized carbons (Fsp3) is 0.222. The fourth-order valence-corrected chi connectivity index (χ4v) is 1.77. The Labute approximate surface area is 93.9 Å². The Morgan fingerprint density at radius 2 is 2.40 bits per heavy atom. The normalized spacial score (nSPS) is 10.8. The first kappa shape index (κ1) is 10.1. The van der Waals surface area contributed by atoms with Gasteiger partial charge in [0.05, 0.1) is 10.2 Å². The van der Waals surface area contributed by atoms with Crippen LogP contribution in [0.4, 0.5) is 0 Å². The first-order valence-corrected chi connectivity index (χ1v) is 5.19.